The number of ether oxygens (including phenoxy) is 1. The van der Waals surface area contributed by atoms with E-state index in [4.69, 9.17) is 4.74 Å². The van der Waals surface area contributed by atoms with E-state index in [1.54, 1.807) is 0 Å². The summed E-state index contributed by atoms with van der Waals surface area (Å²) < 4.78 is 5.68. The molecule has 7 heteroatoms. The van der Waals surface area contributed by atoms with Gasteiger partial charge in [-0.15, -0.1) is 11.3 Å². The number of hydrogen-bond donors (Lipinski definition) is 2. The molecule has 142 valence electrons. The molecule has 1 amide bonds. The lowest BCUT2D eigenvalue weighted by atomic mass is 9.79. The SMILES string of the molecule is Cc1ccc(-c2nc(NC(=O)C3C4CCC(O4)C3C(=O)O)sc2C)cc1C. The number of carboxylic acid groups (broad SMARTS) is 1. The molecular formula is C20H22N2O4S. The third-order valence-electron chi connectivity index (χ3n) is 5.67. The van der Waals surface area contributed by atoms with Crippen molar-refractivity contribution in [2.24, 2.45) is 11.8 Å². The molecule has 4 rings (SSSR count). The molecule has 6 nitrogen and oxygen atoms in total. The van der Waals surface area contributed by atoms with E-state index >= 15 is 0 Å². The summed E-state index contributed by atoms with van der Waals surface area (Å²) >= 11 is 1.40. The largest absolute Gasteiger partial charge is 0.481 e. The molecule has 2 N–H and O–H groups in total. The molecule has 27 heavy (non-hydrogen) atoms. The Hall–Kier alpha value is -2.25. The van der Waals surface area contributed by atoms with E-state index in [0.29, 0.717) is 11.6 Å². The van der Waals surface area contributed by atoms with Gasteiger partial charge >= 0.3 is 5.97 Å². The molecule has 1 aromatic heterocycles. The maximum atomic E-state index is 12.8. The summed E-state index contributed by atoms with van der Waals surface area (Å²) in [5, 5.41) is 12.8. The maximum Gasteiger partial charge on any atom is 0.310 e. The summed E-state index contributed by atoms with van der Waals surface area (Å²) in [6, 6.07) is 6.18. The molecule has 3 heterocycles. The molecule has 2 saturated heterocycles. The van der Waals surface area contributed by atoms with E-state index in [0.717, 1.165) is 22.6 Å². The molecule has 4 atom stereocenters. The highest BCUT2D eigenvalue weighted by Gasteiger charge is 2.55. The Morgan fingerprint density at radius 1 is 1.15 bits per heavy atom. The number of carboxylic acids is 1. The van der Waals surface area contributed by atoms with E-state index in [1.807, 2.05) is 13.0 Å². The third-order valence-corrected chi connectivity index (χ3v) is 6.55. The smallest absolute Gasteiger partial charge is 0.310 e. The van der Waals surface area contributed by atoms with Crippen molar-refractivity contribution in [1.82, 2.24) is 4.98 Å². The van der Waals surface area contributed by atoms with Gasteiger partial charge in [0.05, 0.1) is 29.7 Å². The fourth-order valence-corrected chi connectivity index (χ4v) is 4.96. The van der Waals surface area contributed by atoms with Gasteiger partial charge in [-0.05, 0) is 50.8 Å². The van der Waals surface area contributed by atoms with Crippen molar-refractivity contribution in [3.63, 3.8) is 0 Å². The summed E-state index contributed by atoms with van der Waals surface area (Å²) in [5.41, 5.74) is 4.27. The van der Waals surface area contributed by atoms with Crippen LogP contribution in [0.4, 0.5) is 5.13 Å². The first-order valence-electron chi connectivity index (χ1n) is 9.09. The standard InChI is InChI=1S/C20H22N2O4S/c1-9-4-5-12(8-10(9)2)17-11(3)27-20(21-17)22-18(23)15-13-6-7-14(26-13)16(15)19(24)25/h4-5,8,13-16H,6-7H2,1-3H3,(H,24,25)(H,21,22,23). The lowest BCUT2D eigenvalue weighted by Gasteiger charge is -2.23. The van der Waals surface area contributed by atoms with Crippen LogP contribution in [0.5, 0.6) is 0 Å². The quantitative estimate of drug-likeness (QED) is 0.839. The van der Waals surface area contributed by atoms with Gasteiger partial charge in [-0.2, -0.15) is 0 Å². The number of aromatic nitrogens is 1. The van der Waals surface area contributed by atoms with Crippen LogP contribution in [0.1, 0.15) is 28.8 Å². The summed E-state index contributed by atoms with van der Waals surface area (Å²) in [6.45, 7) is 6.10. The van der Waals surface area contributed by atoms with Gasteiger partial charge in [0.2, 0.25) is 5.91 Å². The van der Waals surface area contributed by atoms with Crippen molar-refractivity contribution in [3.8, 4) is 11.3 Å². The average Bonchev–Trinajstić information content (AvgIpc) is 3.31. The lowest BCUT2D eigenvalue weighted by molar-refractivity contribution is -0.147. The predicted octanol–water partition coefficient (Wildman–Crippen LogP) is 3.55. The number of carbonyl (C=O) groups is 2. The molecule has 2 aliphatic rings. The van der Waals surface area contributed by atoms with Crippen LogP contribution in [0.15, 0.2) is 18.2 Å². The topological polar surface area (TPSA) is 88.5 Å². The van der Waals surface area contributed by atoms with Gasteiger partial charge < -0.3 is 15.2 Å². The molecular weight excluding hydrogens is 364 g/mol. The molecule has 2 aromatic rings. The first-order chi connectivity index (χ1) is 12.8. The van der Waals surface area contributed by atoms with Crippen molar-refractivity contribution >= 4 is 28.3 Å². The summed E-state index contributed by atoms with van der Waals surface area (Å²) in [7, 11) is 0. The molecule has 2 aliphatic heterocycles. The minimum atomic E-state index is -0.964. The molecule has 0 saturated carbocycles. The number of nitrogens with one attached hydrogen (secondary N) is 1. The van der Waals surface area contributed by atoms with E-state index in [9.17, 15) is 14.7 Å². The van der Waals surface area contributed by atoms with Crippen LogP contribution < -0.4 is 5.32 Å². The number of hydrogen-bond acceptors (Lipinski definition) is 5. The molecule has 1 aromatic carbocycles. The van der Waals surface area contributed by atoms with Crippen LogP contribution in [-0.4, -0.2) is 34.2 Å². The molecule has 0 spiro atoms. The highest BCUT2D eigenvalue weighted by atomic mass is 32.1. The first-order valence-corrected chi connectivity index (χ1v) is 9.91. The summed E-state index contributed by atoms with van der Waals surface area (Å²) in [6.07, 6.45) is 0.777. The third kappa shape index (κ3) is 3.15. The van der Waals surface area contributed by atoms with Crippen LogP contribution in [0.3, 0.4) is 0 Å². The summed E-state index contributed by atoms with van der Waals surface area (Å²) in [5.74, 6) is -2.71. The number of rotatable bonds is 4. The molecule has 0 aliphatic carbocycles. The second-order valence-electron chi connectivity index (χ2n) is 7.39. The van der Waals surface area contributed by atoms with Gasteiger partial charge in [0, 0.05) is 10.4 Å². The number of fused-ring (bicyclic) bond motifs is 2. The number of anilines is 1. The fraction of sp³-hybridized carbons (Fsp3) is 0.450. The van der Waals surface area contributed by atoms with Crippen LogP contribution in [0.25, 0.3) is 11.3 Å². The normalized spacial score (nSPS) is 26.3. The Kier molecular flexibility index (Phi) is 4.52. The Bertz CT molecular complexity index is 923. The minimum absolute atomic E-state index is 0.309. The zero-order valence-corrected chi connectivity index (χ0v) is 16.3. The number of nitrogens with zero attached hydrogens (tertiary/aromatic N) is 1. The zero-order chi connectivity index (χ0) is 19.3. The fourth-order valence-electron chi connectivity index (χ4n) is 4.12. The van der Waals surface area contributed by atoms with Gasteiger partial charge in [-0.25, -0.2) is 4.98 Å². The van der Waals surface area contributed by atoms with E-state index in [2.05, 4.69) is 36.3 Å². The highest BCUT2D eigenvalue weighted by molar-refractivity contribution is 7.16. The predicted molar refractivity (Wildman–Crippen MR) is 103 cm³/mol. The number of aliphatic carboxylic acids is 1. The van der Waals surface area contributed by atoms with Crippen molar-refractivity contribution in [1.29, 1.82) is 0 Å². The van der Waals surface area contributed by atoms with Gasteiger partial charge in [-0.1, -0.05) is 12.1 Å². The first kappa shape index (κ1) is 18.1. The van der Waals surface area contributed by atoms with Crippen LogP contribution in [0.2, 0.25) is 0 Å². The van der Waals surface area contributed by atoms with Crippen molar-refractivity contribution in [2.45, 2.75) is 45.8 Å². The van der Waals surface area contributed by atoms with E-state index in [1.165, 1.54) is 22.5 Å². The molecule has 0 radical (unpaired) electrons. The highest BCUT2D eigenvalue weighted by Crippen LogP contribution is 2.44. The Morgan fingerprint density at radius 3 is 2.52 bits per heavy atom. The number of thiazole rings is 1. The average molecular weight is 386 g/mol. The Balaban J connectivity index is 1.56. The number of amides is 1. The van der Waals surface area contributed by atoms with E-state index < -0.39 is 17.8 Å². The number of aryl methyl sites for hydroxylation is 3. The molecule has 2 bridgehead atoms. The monoisotopic (exact) mass is 386 g/mol. The van der Waals surface area contributed by atoms with Crippen LogP contribution in [-0.2, 0) is 14.3 Å². The van der Waals surface area contributed by atoms with Gasteiger partial charge in [-0.3, -0.25) is 9.59 Å². The van der Waals surface area contributed by atoms with Crippen LogP contribution in [0, 0.1) is 32.6 Å². The molecule has 4 unspecified atom stereocenters. The number of benzene rings is 1. The zero-order valence-electron chi connectivity index (χ0n) is 15.5. The van der Waals surface area contributed by atoms with Crippen molar-refractivity contribution in [3.05, 3.63) is 34.2 Å². The van der Waals surface area contributed by atoms with Gasteiger partial charge in [0.25, 0.3) is 0 Å². The lowest BCUT2D eigenvalue weighted by Crippen LogP contribution is -2.40. The van der Waals surface area contributed by atoms with Crippen molar-refractivity contribution in [2.75, 3.05) is 5.32 Å². The molecule has 2 fully saturated rings. The Labute approximate surface area is 161 Å². The summed E-state index contributed by atoms with van der Waals surface area (Å²) in [4.78, 5) is 30.0. The minimum Gasteiger partial charge on any atom is -0.481 e. The second kappa shape index (κ2) is 6.73. The van der Waals surface area contributed by atoms with Crippen molar-refractivity contribution < 1.29 is 19.4 Å². The second-order valence-corrected chi connectivity index (χ2v) is 8.60. The maximum absolute atomic E-state index is 12.8. The van der Waals surface area contributed by atoms with Gasteiger partial charge in [0.1, 0.15) is 0 Å². The van der Waals surface area contributed by atoms with Crippen LogP contribution >= 0.6 is 11.3 Å². The Morgan fingerprint density at radius 2 is 1.85 bits per heavy atom. The van der Waals surface area contributed by atoms with E-state index in [-0.39, 0.29) is 18.1 Å². The van der Waals surface area contributed by atoms with Gasteiger partial charge in [0.15, 0.2) is 5.13 Å². The number of carbonyl (C=O) groups excluding carboxylic acids is 1.